The molecule has 0 aromatic rings. The second-order valence-electron chi connectivity index (χ2n) is 4.21. The van der Waals surface area contributed by atoms with Crippen LogP contribution in [-0.4, -0.2) is 22.4 Å². The Balaban J connectivity index is 2.03. The molecule has 2 atom stereocenters. The molecule has 2 aliphatic rings. The van der Waals surface area contributed by atoms with E-state index in [-0.39, 0.29) is 4.27 Å². The molecule has 0 saturated carbocycles. The summed E-state index contributed by atoms with van der Waals surface area (Å²) in [6.07, 6.45) is 2.68. The summed E-state index contributed by atoms with van der Waals surface area (Å²) in [5.41, 5.74) is 0. The zero-order chi connectivity index (χ0) is 9.31. The quantitative estimate of drug-likeness (QED) is 0.618. The number of rotatable bonds is 0. The molecule has 0 amide bonds. The smallest absolute Gasteiger partial charge is 0.163 e. The van der Waals surface area contributed by atoms with Gasteiger partial charge in [-0.1, -0.05) is 13.8 Å². The zero-order valence-corrected chi connectivity index (χ0v) is 10.0. The fourth-order valence-corrected chi connectivity index (χ4v) is 5.34. The fraction of sp³-hybridized carbons (Fsp3) is 1.00. The van der Waals surface area contributed by atoms with Crippen LogP contribution in [0.4, 0.5) is 0 Å². The summed E-state index contributed by atoms with van der Waals surface area (Å²) >= 11 is 4.07. The van der Waals surface area contributed by atoms with Gasteiger partial charge < -0.3 is 4.74 Å². The van der Waals surface area contributed by atoms with E-state index in [1.54, 1.807) is 0 Å². The van der Waals surface area contributed by atoms with Crippen LogP contribution in [0, 0.1) is 11.8 Å². The first-order valence-corrected chi connectivity index (χ1v) is 7.12. The van der Waals surface area contributed by atoms with Crippen molar-refractivity contribution in [3.8, 4) is 0 Å². The summed E-state index contributed by atoms with van der Waals surface area (Å²) in [4.78, 5) is 0. The van der Waals surface area contributed by atoms with Crippen LogP contribution < -0.4 is 0 Å². The number of hydrogen-bond donors (Lipinski definition) is 0. The SMILES string of the molecule is C[C@@H]1COC2(SCCCS2)[C@H](C)C1. The number of hydrogen-bond acceptors (Lipinski definition) is 3. The van der Waals surface area contributed by atoms with Crippen molar-refractivity contribution in [1.29, 1.82) is 0 Å². The molecule has 0 aromatic carbocycles. The van der Waals surface area contributed by atoms with Crippen molar-refractivity contribution in [2.45, 2.75) is 31.0 Å². The molecule has 3 heteroatoms. The van der Waals surface area contributed by atoms with Crippen molar-refractivity contribution < 1.29 is 4.74 Å². The molecule has 13 heavy (non-hydrogen) atoms. The van der Waals surface area contributed by atoms with E-state index in [1.807, 2.05) is 23.5 Å². The van der Waals surface area contributed by atoms with Crippen molar-refractivity contribution in [3.05, 3.63) is 0 Å². The maximum absolute atomic E-state index is 6.06. The van der Waals surface area contributed by atoms with Crippen molar-refractivity contribution in [1.82, 2.24) is 0 Å². The minimum atomic E-state index is 0.130. The summed E-state index contributed by atoms with van der Waals surface area (Å²) < 4.78 is 6.19. The Morgan fingerprint density at radius 2 is 1.92 bits per heavy atom. The largest absolute Gasteiger partial charge is 0.354 e. The molecule has 0 bridgehead atoms. The number of thioether (sulfide) groups is 2. The fourth-order valence-electron chi connectivity index (χ4n) is 2.11. The standard InChI is InChI=1S/C10H18OS2/c1-8-6-9(2)10(11-7-8)12-4-3-5-13-10/h8-9H,3-7H2,1-2H3/t8-,9+/m0/s1. The van der Waals surface area contributed by atoms with Crippen LogP contribution in [0.25, 0.3) is 0 Å². The summed E-state index contributed by atoms with van der Waals surface area (Å²) in [7, 11) is 0. The van der Waals surface area contributed by atoms with E-state index in [2.05, 4.69) is 13.8 Å². The molecule has 0 N–H and O–H groups in total. The molecule has 2 aliphatic heterocycles. The topological polar surface area (TPSA) is 9.23 Å². The summed E-state index contributed by atoms with van der Waals surface area (Å²) in [5, 5.41) is 0. The lowest BCUT2D eigenvalue weighted by molar-refractivity contribution is -0.0164. The highest BCUT2D eigenvalue weighted by molar-refractivity contribution is 8.18. The summed E-state index contributed by atoms with van der Waals surface area (Å²) in [5.74, 6) is 4.03. The van der Waals surface area contributed by atoms with Gasteiger partial charge in [-0.2, -0.15) is 0 Å². The van der Waals surface area contributed by atoms with Gasteiger partial charge in [0.15, 0.2) is 4.27 Å². The van der Waals surface area contributed by atoms with Gasteiger partial charge in [0.25, 0.3) is 0 Å². The van der Waals surface area contributed by atoms with Crippen LogP contribution in [0.5, 0.6) is 0 Å². The Kier molecular flexibility index (Phi) is 3.16. The molecule has 1 spiro atoms. The normalized spacial score (nSPS) is 39.2. The van der Waals surface area contributed by atoms with Gasteiger partial charge in [0, 0.05) is 5.92 Å². The van der Waals surface area contributed by atoms with E-state index in [4.69, 9.17) is 4.74 Å². The van der Waals surface area contributed by atoms with E-state index in [0.29, 0.717) is 5.92 Å². The summed E-state index contributed by atoms with van der Waals surface area (Å²) in [6.45, 7) is 5.60. The molecule has 0 radical (unpaired) electrons. The first-order chi connectivity index (χ1) is 6.23. The Morgan fingerprint density at radius 3 is 2.54 bits per heavy atom. The Hall–Kier alpha value is 0.660. The van der Waals surface area contributed by atoms with Gasteiger partial charge >= 0.3 is 0 Å². The van der Waals surface area contributed by atoms with Gasteiger partial charge in [-0.05, 0) is 30.3 Å². The zero-order valence-electron chi connectivity index (χ0n) is 8.41. The molecular formula is C10H18OS2. The molecule has 2 heterocycles. The van der Waals surface area contributed by atoms with Crippen LogP contribution in [0.2, 0.25) is 0 Å². The molecule has 0 aliphatic carbocycles. The van der Waals surface area contributed by atoms with Crippen molar-refractivity contribution in [2.24, 2.45) is 11.8 Å². The lowest BCUT2D eigenvalue weighted by Gasteiger charge is -2.45. The van der Waals surface area contributed by atoms with E-state index in [1.165, 1.54) is 24.3 Å². The molecular weight excluding hydrogens is 200 g/mol. The van der Waals surface area contributed by atoms with Crippen LogP contribution in [0.3, 0.4) is 0 Å². The highest BCUT2D eigenvalue weighted by Crippen LogP contribution is 2.52. The number of ether oxygens (including phenoxy) is 1. The lowest BCUT2D eigenvalue weighted by atomic mass is 9.96. The first kappa shape index (κ1) is 10.2. The minimum absolute atomic E-state index is 0.130. The maximum Gasteiger partial charge on any atom is 0.163 e. The van der Waals surface area contributed by atoms with Gasteiger partial charge in [-0.3, -0.25) is 0 Å². The van der Waals surface area contributed by atoms with Gasteiger partial charge in [0.05, 0.1) is 6.61 Å². The molecule has 76 valence electrons. The van der Waals surface area contributed by atoms with E-state index in [9.17, 15) is 0 Å². The van der Waals surface area contributed by atoms with Crippen molar-refractivity contribution in [2.75, 3.05) is 18.1 Å². The summed E-state index contributed by atoms with van der Waals surface area (Å²) in [6, 6.07) is 0. The Morgan fingerprint density at radius 1 is 1.23 bits per heavy atom. The maximum atomic E-state index is 6.06. The van der Waals surface area contributed by atoms with Crippen molar-refractivity contribution in [3.63, 3.8) is 0 Å². The third kappa shape index (κ3) is 2.02. The Labute approximate surface area is 89.4 Å². The van der Waals surface area contributed by atoms with Gasteiger partial charge in [-0.25, -0.2) is 0 Å². The van der Waals surface area contributed by atoms with Crippen LogP contribution >= 0.6 is 23.5 Å². The predicted octanol–water partition coefficient (Wildman–Crippen LogP) is 3.20. The Bertz CT molecular complexity index is 178. The van der Waals surface area contributed by atoms with Crippen molar-refractivity contribution >= 4 is 23.5 Å². The van der Waals surface area contributed by atoms with Crippen LogP contribution in [0.15, 0.2) is 0 Å². The first-order valence-electron chi connectivity index (χ1n) is 5.15. The second-order valence-corrected chi connectivity index (χ2v) is 7.07. The molecule has 2 saturated heterocycles. The van der Waals surface area contributed by atoms with Crippen LogP contribution in [0.1, 0.15) is 26.7 Å². The monoisotopic (exact) mass is 218 g/mol. The highest BCUT2D eigenvalue weighted by atomic mass is 32.2. The molecule has 2 rings (SSSR count). The third-order valence-electron chi connectivity index (χ3n) is 2.82. The van der Waals surface area contributed by atoms with Crippen LogP contribution in [-0.2, 0) is 4.74 Å². The lowest BCUT2D eigenvalue weighted by Crippen LogP contribution is -2.42. The average molecular weight is 218 g/mol. The van der Waals surface area contributed by atoms with E-state index < -0.39 is 0 Å². The van der Waals surface area contributed by atoms with E-state index in [0.717, 1.165) is 12.5 Å². The molecule has 1 nitrogen and oxygen atoms in total. The third-order valence-corrected chi connectivity index (χ3v) is 6.36. The molecule has 0 unspecified atom stereocenters. The van der Waals surface area contributed by atoms with Gasteiger partial charge in [0.2, 0.25) is 0 Å². The second kappa shape index (κ2) is 4.03. The van der Waals surface area contributed by atoms with Gasteiger partial charge in [0.1, 0.15) is 0 Å². The highest BCUT2D eigenvalue weighted by Gasteiger charge is 2.43. The molecule has 0 aromatic heterocycles. The molecule has 2 fully saturated rings. The van der Waals surface area contributed by atoms with E-state index >= 15 is 0 Å². The van der Waals surface area contributed by atoms with Gasteiger partial charge in [-0.15, -0.1) is 23.5 Å². The minimum Gasteiger partial charge on any atom is -0.354 e. The predicted molar refractivity (Wildman–Crippen MR) is 61.2 cm³/mol. The average Bonchev–Trinajstić information content (AvgIpc) is 2.14.